The number of allylic oxidation sites excluding steroid dienone is 9. The number of carboxylic acids is 1. The summed E-state index contributed by atoms with van der Waals surface area (Å²) in [5, 5.41) is 8.69. The highest BCUT2D eigenvalue weighted by Crippen LogP contribution is 2.49. The Morgan fingerprint density at radius 2 is 1.71 bits per heavy atom. The molecule has 1 aliphatic rings. The van der Waals surface area contributed by atoms with Crippen LogP contribution in [0.2, 0.25) is 0 Å². The molecule has 0 radical (unpaired) electrons. The molecule has 0 fully saturated rings. The van der Waals surface area contributed by atoms with Gasteiger partial charge in [0.05, 0.1) is 0 Å². The Kier molecular flexibility index (Phi) is 6.59. The van der Waals surface area contributed by atoms with Gasteiger partial charge < -0.3 is 5.11 Å². The zero-order valence-corrected chi connectivity index (χ0v) is 16.2. The van der Waals surface area contributed by atoms with Crippen molar-refractivity contribution < 1.29 is 9.90 Å². The molecule has 0 aliphatic heterocycles. The third kappa shape index (κ3) is 6.35. The lowest BCUT2D eigenvalue weighted by Gasteiger charge is -2.42. The van der Waals surface area contributed by atoms with Crippen LogP contribution in [0.3, 0.4) is 0 Å². The van der Waals surface area contributed by atoms with E-state index in [-0.39, 0.29) is 5.41 Å². The van der Waals surface area contributed by atoms with Gasteiger partial charge in [-0.15, -0.1) is 0 Å². The predicted octanol–water partition coefficient (Wildman–Crippen LogP) is 6.24. The van der Waals surface area contributed by atoms with E-state index in [2.05, 4.69) is 53.7 Å². The molecule has 24 heavy (non-hydrogen) atoms. The monoisotopic (exact) mass is 328 g/mol. The van der Waals surface area contributed by atoms with Crippen LogP contribution in [0.25, 0.3) is 0 Å². The van der Waals surface area contributed by atoms with E-state index in [0.29, 0.717) is 5.41 Å². The van der Waals surface area contributed by atoms with Crippen LogP contribution in [-0.4, -0.2) is 11.1 Å². The Morgan fingerprint density at radius 1 is 1.08 bits per heavy atom. The van der Waals surface area contributed by atoms with Gasteiger partial charge in [-0.2, -0.15) is 0 Å². The largest absolute Gasteiger partial charge is 0.478 e. The molecule has 0 aromatic rings. The van der Waals surface area contributed by atoms with Crippen molar-refractivity contribution in [2.75, 3.05) is 0 Å². The molecule has 0 aromatic heterocycles. The molecule has 0 saturated carbocycles. The molecule has 1 rings (SSSR count). The van der Waals surface area contributed by atoms with Gasteiger partial charge in [-0.1, -0.05) is 69.2 Å². The van der Waals surface area contributed by atoms with Crippen molar-refractivity contribution in [1.29, 1.82) is 0 Å². The van der Waals surface area contributed by atoms with Gasteiger partial charge in [-0.3, -0.25) is 0 Å². The quantitative estimate of drug-likeness (QED) is 0.479. The molecule has 0 saturated heterocycles. The van der Waals surface area contributed by atoms with Crippen LogP contribution in [0.1, 0.15) is 61.3 Å². The van der Waals surface area contributed by atoms with Crippen LogP contribution in [0, 0.1) is 10.8 Å². The highest BCUT2D eigenvalue weighted by atomic mass is 16.4. The Labute approximate surface area is 147 Å². The first-order valence-electron chi connectivity index (χ1n) is 8.57. The number of rotatable bonds is 5. The molecule has 1 aliphatic carbocycles. The minimum atomic E-state index is -0.914. The molecule has 1 N–H and O–H groups in total. The normalized spacial score (nSPS) is 21.8. The van der Waals surface area contributed by atoms with Crippen LogP contribution >= 0.6 is 0 Å². The van der Waals surface area contributed by atoms with Gasteiger partial charge in [-0.25, -0.2) is 4.79 Å². The summed E-state index contributed by atoms with van der Waals surface area (Å²) >= 11 is 0. The molecule has 0 heterocycles. The second kappa shape index (κ2) is 7.83. The van der Waals surface area contributed by atoms with Crippen molar-refractivity contribution in [3.63, 3.8) is 0 Å². The van der Waals surface area contributed by atoms with Crippen LogP contribution in [0.5, 0.6) is 0 Å². The SMILES string of the molecule is CC1=C(/C=C/C(C)=C/C=C/C(C)=C/C(=O)O)C(C)(C)CC(C)(C)C1. The minimum absolute atomic E-state index is 0.194. The maximum atomic E-state index is 10.6. The van der Waals surface area contributed by atoms with Crippen molar-refractivity contribution in [2.45, 2.75) is 61.3 Å². The van der Waals surface area contributed by atoms with E-state index in [1.54, 1.807) is 6.92 Å². The molecule has 0 atom stereocenters. The van der Waals surface area contributed by atoms with Gasteiger partial charge in [0.25, 0.3) is 0 Å². The topological polar surface area (TPSA) is 37.3 Å². The summed E-state index contributed by atoms with van der Waals surface area (Å²) in [5.74, 6) is -0.914. The molecule has 2 heteroatoms. The van der Waals surface area contributed by atoms with Crippen LogP contribution < -0.4 is 0 Å². The van der Waals surface area contributed by atoms with E-state index < -0.39 is 5.97 Å². The molecular formula is C22H32O2. The van der Waals surface area contributed by atoms with Crippen molar-refractivity contribution in [1.82, 2.24) is 0 Å². The van der Waals surface area contributed by atoms with Crippen molar-refractivity contribution in [3.8, 4) is 0 Å². The van der Waals surface area contributed by atoms with E-state index >= 15 is 0 Å². The van der Waals surface area contributed by atoms with Gasteiger partial charge in [0.1, 0.15) is 0 Å². The molecule has 0 spiro atoms. The maximum Gasteiger partial charge on any atom is 0.328 e. The fourth-order valence-electron chi connectivity index (χ4n) is 3.98. The van der Waals surface area contributed by atoms with E-state index in [4.69, 9.17) is 5.11 Å². The number of carbonyl (C=O) groups is 1. The van der Waals surface area contributed by atoms with Crippen LogP contribution in [-0.2, 0) is 4.79 Å². The molecule has 2 nitrogen and oxygen atoms in total. The highest BCUT2D eigenvalue weighted by molar-refractivity contribution is 5.81. The first-order chi connectivity index (χ1) is 10.9. The highest BCUT2D eigenvalue weighted by Gasteiger charge is 2.36. The lowest BCUT2D eigenvalue weighted by atomic mass is 9.62. The predicted molar refractivity (Wildman–Crippen MR) is 103 cm³/mol. The molecule has 0 unspecified atom stereocenters. The summed E-state index contributed by atoms with van der Waals surface area (Å²) < 4.78 is 0. The summed E-state index contributed by atoms with van der Waals surface area (Å²) in [6.07, 6.45) is 13.7. The standard InChI is InChI=1S/C22H32O2/c1-16(9-8-10-17(2)13-20(23)24)11-12-19-18(3)14-21(4,5)15-22(19,6)7/h8-13H,14-15H2,1-7H3,(H,23,24)/b10-8+,12-11+,16-9+,17-13+. The molecular weight excluding hydrogens is 296 g/mol. The van der Waals surface area contributed by atoms with Gasteiger partial charge >= 0.3 is 5.97 Å². The van der Waals surface area contributed by atoms with E-state index in [0.717, 1.165) is 17.6 Å². The lowest BCUT2D eigenvalue weighted by Crippen LogP contribution is -2.30. The molecule has 0 amide bonds. The van der Waals surface area contributed by atoms with Crippen LogP contribution in [0.4, 0.5) is 0 Å². The van der Waals surface area contributed by atoms with E-state index in [1.165, 1.54) is 23.6 Å². The van der Waals surface area contributed by atoms with Crippen molar-refractivity contribution in [3.05, 3.63) is 58.7 Å². The zero-order valence-electron chi connectivity index (χ0n) is 16.2. The summed E-state index contributed by atoms with van der Waals surface area (Å²) in [5.41, 5.74) is 5.36. The summed E-state index contributed by atoms with van der Waals surface area (Å²) in [7, 11) is 0. The van der Waals surface area contributed by atoms with E-state index in [1.807, 2.05) is 18.2 Å². The third-order valence-electron chi connectivity index (χ3n) is 4.44. The second-order valence-corrected chi connectivity index (χ2v) is 8.43. The Morgan fingerprint density at radius 3 is 2.25 bits per heavy atom. The average Bonchev–Trinajstić information content (AvgIpc) is 2.33. The first-order valence-corrected chi connectivity index (χ1v) is 8.57. The molecule has 0 bridgehead atoms. The number of aliphatic carboxylic acids is 1. The minimum Gasteiger partial charge on any atom is -0.478 e. The zero-order chi connectivity index (χ0) is 18.5. The fourth-order valence-corrected chi connectivity index (χ4v) is 3.98. The average molecular weight is 328 g/mol. The van der Waals surface area contributed by atoms with E-state index in [9.17, 15) is 4.79 Å². The maximum absolute atomic E-state index is 10.6. The summed E-state index contributed by atoms with van der Waals surface area (Å²) in [4.78, 5) is 10.6. The third-order valence-corrected chi connectivity index (χ3v) is 4.44. The van der Waals surface area contributed by atoms with Gasteiger partial charge in [0.2, 0.25) is 0 Å². The molecule has 0 aromatic carbocycles. The van der Waals surface area contributed by atoms with Crippen LogP contribution in [0.15, 0.2) is 58.7 Å². The summed E-state index contributed by atoms with van der Waals surface area (Å²) in [6.45, 7) is 15.5. The smallest absolute Gasteiger partial charge is 0.328 e. The number of hydrogen-bond acceptors (Lipinski definition) is 1. The Hall–Kier alpha value is -1.83. The lowest BCUT2D eigenvalue weighted by molar-refractivity contribution is -0.131. The Bertz CT molecular complexity index is 635. The Balaban J connectivity index is 2.90. The second-order valence-electron chi connectivity index (χ2n) is 8.43. The van der Waals surface area contributed by atoms with Crippen molar-refractivity contribution >= 4 is 5.97 Å². The first kappa shape index (κ1) is 20.2. The fraction of sp³-hybridized carbons (Fsp3) is 0.500. The van der Waals surface area contributed by atoms with Gasteiger partial charge in [0, 0.05) is 6.08 Å². The molecule has 132 valence electrons. The number of carboxylic acid groups (broad SMARTS) is 1. The number of hydrogen-bond donors (Lipinski definition) is 1. The van der Waals surface area contributed by atoms with Crippen molar-refractivity contribution in [2.24, 2.45) is 10.8 Å². The van der Waals surface area contributed by atoms with Gasteiger partial charge in [0.15, 0.2) is 0 Å². The summed E-state index contributed by atoms with van der Waals surface area (Å²) in [6, 6.07) is 0. The van der Waals surface area contributed by atoms with Gasteiger partial charge in [-0.05, 0) is 55.6 Å².